The average Bonchev–Trinajstić information content (AvgIpc) is 3.11. The van der Waals surface area contributed by atoms with Crippen LogP contribution >= 0.6 is 23.2 Å². The van der Waals surface area contributed by atoms with Crippen molar-refractivity contribution in [3.63, 3.8) is 0 Å². The van der Waals surface area contributed by atoms with Crippen molar-refractivity contribution in [3.8, 4) is 11.8 Å². The van der Waals surface area contributed by atoms with Gasteiger partial charge in [0.15, 0.2) is 0 Å². The van der Waals surface area contributed by atoms with Gasteiger partial charge in [-0.15, -0.1) is 0 Å². The summed E-state index contributed by atoms with van der Waals surface area (Å²) in [6.45, 7) is 7.42. The summed E-state index contributed by atoms with van der Waals surface area (Å²) >= 11 is 12.4. The van der Waals surface area contributed by atoms with Crippen LogP contribution in [0.1, 0.15) is 33.1 Å². The van der Waals surface area contributed by atoms with E-state index >= 15 is 0 Å². The van der Waals surface area contributed by atoms with Crippen LogP contribution in [0.2, 0.25) is 10.0 Å². The first-order valence-corrected chi connectivity index (χ1v) is 9.32. The van der Waals surface area contributed by atoms with E-state index in [0.29, 0.717) is 15.7 Å². The molecule has 0 amide bonds. The third-order valence-electron chi connectivity index (χ3n) is 4.47. The Kier molecular flexibility index (Phi) is 5.46. The Balaban J connectivity index is 2.08. The minimum absolute atomic E-state index is 0.00801. The maximum absolute atomic E-state index is 12.7. The van der Waals surface area contributed by atoms with Gasteiger partial charge in [0.1, 0.15) is 11.6 Å². The highest BCUT2D eigenvalue weighted by atomic mass is 35.5. The lowest BCUT2D eigenvalue weighted by atomic mass is 10.1. The molecule has 0 aliphatic carbocycles. The summed E-state index contributed by atoms with van der Waals surface area (Å²) in [7, 11) is 0. The Morgan fingerprint density at radius 2 is 1.82 bits per heavy atom. The Morgan fingerprint density at radius 3 is 2.39 bits per heavy atom. The smallest absolute Gasteiger partial charge is 0.289 e. The van der Waals surface area contributed by atoms with Crippen molar-refractivity contribution in [1.82, 2.24) is 14.3 Å². The van der Waals surface area contributed by atoms with Gasteiger partial charge in [0.2, 0.25) is 0 Å². The van der Waals surface area contributed by atoms with E-state index in [2.05, 4.69) is 5.10 Å². The van der Waals surface area contributed by atoms with Gasteiger partial charge in [0.25, 0.3) is 5.91 Å². The van der Waals surface area contributed by atoms with Crippen LogP contribution in [0, 0.1) is 39.0 Å². The Hall–Kier alpha value is -2.81. The highest BCUT2D eigenvalue weighted by Gasteiger charge is 2.18. The minimum Gasteiger partial charge on any atom is -0.316 e. The Morgan fingerprint density at radius 1 is 1.11 bits per heavy atom. The standard InChI is InChI=1S/C21H18Cl2N4O/c1-12-7-14(3)27(25-12)21(28)17(11-24)9-16-8-13(2)26(15(16)4)20-6-5-18(22)10-19(20)23/h5-10H,1-4H3/b17-9+. The molecule has 0 aliphatic heterocycles. The van der Waals surface area contributed by atoms with Gasteiger partial charge in [0, 0.05) is 22.1 Å². The Labute approximate surface area is 173 Å². The van der Waals surface area contributed by atoms with Gasteiger partial charge in [-0.1, -0.05) is 23.2 Å². The molecule has 2 aromatic heterocycles. The maximum atomic E-state index is 12.7. The van der Waals surface area contributed by atoms with Gasteiger partial charge in [-0.25, -0.2) is 4.68 Å². The van der Waals surface area contributed by atoms with Crippen LogP contribution in [0.15, 0.2) is 35.9 Å². The normalized spacial score (nSPS) is 11.5. The van der Waals surface area contributed by atoms with Crippen molar-refractivity contribution in [2.75, 3.05) is 0 Å². The molecule has 0 saturated heterocycles. The Bertz CT molecular complexity index is 1160. The lowest BCUT2D eigenvalue weighted by Gasteiger charge is -2.12. The lowest BCUT2D eigenvalue weighted by molar-refractivity contribution is 0.0943. The monoisotopic (exact) mass is 412 g/mol. The molecule has 0 saturated carbocycles. The quantitative estimate of drug-likeness (QED) is 0.423. The molecule has 0 unspecified atom stereocenters. The molecule has 1 aromatic carbocycles. The number of nitrogens with zero attached hydrogens (tertiary/aromatic N) is 4. The van der Waals surface area contributed by atoms with Crippen molar-refractivity contribution in [2.24, 2.45) is 0 Å². The van der Waals surface area contributed by atoms with E-state index in [9.17, 15) is 10.1 Å². The number of aromatic nitrogens is 3. The molecule has 5 nitrogen and oxygen atoms in total. The fourth-order valence-electron chi connectivity index (χ4n) is 3.21. The molecule has 2 heterocycles. The molecule has 0 atom stereocenters. The number of halogens is 2. The zero-order chi connectivity index (χ0) is 20.6. The highest BCUT2D eigenvalue weighted by molar-refractivity contribution is 6.35. The first-order chi connectivity index (χ1) is 13.2. The molecular weight excluding hydrogens is 395 g/mol. The van der Waals surface area contributed by atoms with E-state index in [1.807, 2.05) is 36.6 Å². The van der Waals surface area contributed by atoms with Crippen LogP contribution < -0.4 is 0 Å². The lowest BCUT2D eigenvalue weighted by Crippen LogP contribution is -2.15. The van der Waals surface area contributed by atoms with E-state index in [1.165, 1.54) is 4.68 Å². The van der Waals surface area contributed by atoms with Crippen LogP contribution in [0.5, 0.6) is 0 Å². The number of carbonyl (C=O) groups excluding carboxylic acids is 1. The molecule has 3 aromatic rings. The first-order valence-electron chi connectivity index (χ1n) is 8.57. The summed E-state index contributed by atoms with van der Waals surface area (Å²) in [5.74, 6) is -0.456. The molecule has 0 radical (unpaired) electrons. The number of nitriles is 1. The zero-order valence-corrected chi connectivity index (χ0v) is 17.4. The summed E-state index contributed by atoms with van der Waals surface area (Å²) < 4.78 is 3.22. The molecule has 7 heteroatoms. The maximum Gasteiger partial charge on any atom is 0.289 e. The average molecular weight is 413 g/mol. The van der Waals surface area contributed by atoms with Gasteiger partial charge < -0.3 is 4.57 Å². The topological polar surface area (TPSA) is 63.6 Å². The van der Waals surface area contributed by atoms with Gasteiger partial charge in [0.05, 0.1) is 16.4 Å². The molecule has 0 fully saturated rings. The number of hydrogen-bond donors (Lipinski definition) is 0. The van der Waals surface area contributed by atoms with Crippen LogP contribution in [0.25, 0.3) is 11.8 Å². The second-order valence-electron chi connectivity index (χ2n) is 6.57. The van der Waals surface area contributed by atoms with E-state index < -0.39 is 5.91 Å². The summed E-state index contributed by atoms with van der Waals surface area (Å²) in [5.41, 5.74) is 4.73. The van der Waals surface area contributed by atoms with E-state index in [0.717, 1.165) is 28.3 Å². The van der Waals surface area contributed by atoms with Crippen LogP contribution in [0.3, 0.4) is 0 Å². The van der Waals surface area contributed by atoms with Crippen molar-refractivity contribution >= 4 is 35.2 Å². The molecule has 142 valence electrons. The third kappa shape index (κ3) is 3.62. The van der Waals surface area contributed by atoms with Gasteiger partial charge in [-0.2, -0.15) is 10.4 Å². The van der Waals surface area contributed by atoms with Crippen molar-refractivity contribution in [3.05, 3.63) is 74.3 Å². The molecule has 0 N–H and O–H groups in total. The number of hydrogen-bond acceptors (Lipinski definition) is 3. The second kappa shape index (κ2) is 7.67. The van der Waals surface area contributed by atoms with Crippen molar-refractivity contribution in [1.29, 1.82) is 5.26 Å². The summed E-state index contributed by atoms with van der Waals surface area (Å²) in [4.78, 5) is 12.7. The highest BCUT2D eigenvalue weighted by Crippen LogP contribution is 2.29. The first kappa shape index (κ1) is 19.9. The number of benzene rings is 1. The number of allylic oxidation sites excluding steroid dienone is 1. The fraction of sp³-hybridized carbons (Fsp3) is 0.190. The minimum atomic E-state index is -0.456. The number of carbonyl (C=O) groups is 1. The van der Waals surface area contributed by atoms with Crippen LogP contribution in [-0.4, -0.2) is 20.3 Å². The summed E-state index contributed by atoms with van der Waals surface area (Å²) in [6, 6.07) is 11.0. The molecular formula is C21H18Cl2N4O. The van der Waals surface area contributed by atoms with Crippen molar-refractivity contribution in [2.45, 2.75) is 27.7 Å². The predicted molar refractivity (Wildman–Crippen MR) is 111 cm³/mol. The molecule has 0 bridgehead atoms. The largest absolute Gasteiger partial charge is 0.316 e. The van der Waals surface area contributed by atoms with E-state index in [4.69, 9.17) is 23.2 Å². The molecule has 28 heavy (non-hydrogen) atoms. The molecule has 0 aliphatic rings. The molecule has 3 rings (SSSR count). The number of aryl methyl sites for hydroxylation is 3. The van der Waals surface area contributed by atoms with Gasteiger partial charge in [-0.05, 0) is 69.7 Å². The van der Waals surface area contributed by atoms with Crippen LogP contribution in [-0.2, 0) is 0 Å². The fourth-order valence-corrected chi connectivity index (χ4v) is 3.71. The van der Waals surface area contributed by atoms with E-state index in [1.54, 1.807) is 38.1 Å². The van der Waals surface area contributed by atoms with E-state index in [-0.39, 0.29) is 5.57 Å². The predicted octanol–water partition coefficient (Wildman–Crippen LogP) is 5.46. The van der Waals surface area contributed by atoms with Gasteiger partial charge in [-0.3, -0.25) is 4.79 Å². The third-order valence-corrected chi connectivity index (χ3v) is 5.01. The SMILES string of the molecule is Cc1cc(C)n(C(=O)/C(C#N)=C/c2cc(C)n(-c3ccc(Cl)cc3Cl)c2C)n1. The van der Waals surface area contributed by atoms with Crippen molar-refractivity contribution < 1.29 is 4.79 Å². The second-order valence-corrected chi connectivity index (χ2v) is 7.42. The number of rotatable bonds is 3. The summed E-state index contributed by atoms with van der Waals surface area (Å²) in [5, 5.41) is 14.8. The summed E-state index contributed by atoms with van der Waals surface area (Å²) in [6.07, 6.45) is 1.58. The zero-order valence-electron chi connectivity index (χ0n) is 15.9. The van der Waals surface area contributed by atoms with Crippen LogP contribution in [0.4, 0.5) is 0 Å². The van der Waals surface area contributed by atoms with Gasteiger partial charge >= 0.3 is 0 Å². The molecule has 0 spiro atoms.